The zero-order chi connectivity index (χ0) is 13.0. The molecule has 2 rings (SSSR count). The van der Waals surface area contributed by atoms with Crippen LogP contribution in [0.4, 0.5) is 10.1 Å². The molecule has 0 saturated carbocycles. The Bertz CT molecular complexity index is 511. The highest BCUT2D eigenvalue weighted by Crippen LogP contribution is 2.09. The van der Waals surface area contributed by atoms with Crippen molar-refractivity contribution < 1.29 is 4.39 Å². The Hall–Kier alpha value is -1.94. The van der Waals surface area contributed by atoms with Crippen molar-refractivity contribution in [1.29, 1.82) is 0 Å². The molecule has 18 heavy (non-hydrogen) atoms. The van der Waals surface area contributed by atoms with Crippen LogP contribution in [0.2, 0.25) is 0 Å². The molecule has 0 amide bonds. The lowest BCUT2D eigenvalue weighted by Crippen LogP contribution is -2.18. The fourth-order valence-electron chi connectivity index (χ4n) is 1.82. The van der Waals surface area contributed by atoms with Gasteiger partial charge in [0.25, 0.3) is 0 Å². The molecule has 0 spiro atoms. The largest absolute Gasteiger partial charge is 0.399 e. The van der Waals surface area contributed by atoms with Gasteiger partial charge in [-0.05, 0) is 36.9 Å². The smallest absolute Gasteiger partial charge is 0.123 e. The molecule has 94 valence electrons. The van der Waals surface area contributed by atoms with Crippen molar-refractivity contribution in [2.24, 2.45) is 0 Å². The topological polar surface area (TPSA) is 42.1 Å². The van der Waals surface area contributed by atoms with E-state index < -0.39 is 0 Å². The highest BCUT2D eigenvalue weighted by atomic mass is 19.1. The van der Waals surface area contributed by atoms with Crippen molar-refractivity contribution in [1.82, 2.24) is 9.88 Å². The Morgan fingerprint density at radius 2 is 1.89 bits per heavy atom. The first-order valence-electron chi connectivity index (χ1n) is 5.77. The first kappa shape index (κ1) is 12.5. The Morgan fingerprint density at radius 3 is 2.56 bits per heavy atom. The maximum absolute atomic E-state index is 12.8. The minimum Gasteiger partial charge on any atom is -0.399 e. The second kappa shape index (κ2) is 5.60. The van der Waals surface area contributed by atoms with Crippen LogP contribution in [-0.4, -0.2) is 16.9 Å². The summed E-state index contributed by atoms with van der Waals surface area (Å²) >= 11 is 0. The van der Waals surface area contributed by atoms with Crippen LogP contribution in [-0.2, 0) is 13.1 Å². The third kappa shape index (κ3) is 3.53. The lowest BCUT2D eigenvalue weighted by Gasteiger charge is -2.16. The Balaban J connectivity index is 1.96. The van der Waals surface area contributed by atoms with Crippen molar-refractivity contribution in [2.45, 2.75) is 13.1 Å². The number of benzene rings is 1. The third-order valence-corrected chi connectivity index (χ3v) is 2.64. The van der Waals surface area contributed by atoms with Gasteiger partial charge in [-0.1, -0.05) is 12.1 Å². The van der Waals surface area contributed by atoms with Crippen molar-refractivity contribution >= 4 is 5.69 Å². The maximum atomic E-state index is 12.8. The third-order valence-electron chi connectivity index (χ3n) is 2.64. The molecule has 0 aliphatic rings. The van der Waals surface area contributed by atoms with Crippen LogP contribution in [0.25, 0.3) is 0 Å². The number of aromatic nitrogens is 1. The van der Waals surface area contributed by atoms with Crippen LogP contribution in [0.1, 0.15) is 11.3 Å². The quantitative estimate of drug-likeness (QED) is 0.899. The van der Waals surface area contributed by atoms with Crippen LogP contribution >= 0.6 is 0 Å². The van der Waals surface area contributed by atoms with E-state index in [2.05, 4.69) is 9.88 Å². The monoisotopic (exact) mass is 245 g/mol. The molecule has 0 radical (unpaired) electrons. The van der Waals surface area contributed by atoms with Crippen molar-refractivity contribution in [2.75, 3.05) is 12.8 Å². The van der Waals surface area contributed by atoms with Gasteiger partial charge < -0.3 is 5.73 Å². The molecule has 2 N–H and O–H groups in total. The summed E-state index contributed by atoms with van der Waals surface area (Å²) in [6.45, 7) is 1.46. The standard InChI is InChI=1S/C14H16FN3/c1-18(9-11-2-4-12(15)5-3-11)10-14-8-13(16)6-7-17-14/h2-8H,9-10H2,1H3,(H2,16,17). The molecule has 1 aromatic carbocycles. The van der Waals surface area contributed by atoms with E-state index in [1.807, 2.05) is 13.1 Å². The number of hydrogen-bond acceptors (Lipinski definition) is 3. The molecule has 0 aliphatic heterocycles. The summed E-state index contributed by atoms with van der Waals surface area (Å²) in [5, 5.41) is 0. The second-order valence-electron chi connectivity index (χ2n) is 4.38. The molecule has 3 nitrogen and oxygen atoms in total. The van der Waals surface area contributed by atoms with Crippen molar-refractivity contribution in [3.63, 3.8) is 0 Å². The Labute approximate surface area is 106 Å². The Kier molecular flexibility index (Phi) is 3.89. The Morgan fingerprint density at radius 1 is 1.17 bits per heavy atom. The predicted molar refractivity (Wildman–Crippen MR) is 70.2 cm³/mol. The van der Waals surface area contributed by atoms with Crippen LogP contribution in [0, 0.1) is 5.82 Å². The van der Waals surface area contributed by atoms with Gasteiger partial charge in [0.15, 0.2) is 0 Å². The lowest BCUT2D eigenvalue weighted by molar-refractivity contribution is 0.315. The van der Waals surface area contributed by atoms with E-state index in [9.17, 15) is 4.39 Å². The van der Waals surface area contributed by atoms with Gasteiger partial charge >= 0.3 is 0 Å². The van der Waals surface area contributed by atoms with Gasteiger partial charge in [0.1, 0.15) is 5.82 Å². The number of pyridine rings is 1. The molecule has 0 unspecified atom stereocenters. The number of hydrogen-bond donors (Lipinski definition) is 1. The molecule has 2 aromatic rings. The molecular formula is C14H16FN3. The van der Waals surface area contributed by atoms with Crippen LogP contribution in [0.5, 0.6) is 0 Å². The summed E-state index contributed by atoms with van der Waals surface area (Å²) in [5.41, 5.74) is 8.42. The van der Waals surface area contributed by atoms with E-state index in [0.717, 1.165) is 23.5 Å². The van der Waals surface area contributed by atoms with Crippen molar-refractivity contribution in [3.8, 4) is 0 Å². The minimum atomic E-state index is -0.209. The van der Waals surface area contributed by atoms with E-state index in [1.165, 1.54) is 12.1 Å². The summed E-state index contributed by atoms with van der Waals surface area (Å²) < 4.78 is 12.8. The predicted octanol–water partition coefficient (Wildman–Crippen LogP) is 2.43. The van der Waals surface area contributed by atoms with Crippen molar-refractivity contribution in [3.05, 3.63) is 59.7 Å². The highest BCUT2D eigenvalue weighted by Gasteiger charge is 2.03. The van der Waals surface area contributed by atoms with Gasteiger partial charge in [0, 0.05) is 25.0 Å². The molecule has 0 saturated heterocycles. The van der Waals surface area contributed by atoms with Crippen LogP contribution in [0.15, 0.2) is 42.6 Å². The molecule has 0 atom stereocenters. The van der Waals surface area contributed by atoms with E-state index in [4.69, 9.17) is 5.73 Å². The molecular weight excluding hydrogens is 229 g/mol. The molecule has 1 heterocycles. The number of nitrogens with two attached hydrogens (primary N) is 1. The fourth-order valence-corrected chi connectivity index (χ4v) is 1.82. The lowest BCUT2D eigenvalue weighted by atomic mass is 10.2. The van der Waals surface area contributed by atoms with Gasteiger partial charge in [0.2, 0.25) is 0 Å². The average Bonchev–Trinajstić information content (AvgIpc) is 2.32. The van der Waals surface area contributed by atoms with Gasteiger partial charge in [-0.15, -0.1) is 0 Å². The van der Waals surface area contributed by atoms with Crippen LogP contribution < -0.4 is 5.73 Å². The molecule has 0 aliphatic carbocycles. The second-order valence-corrected chi connectivity index (χ2v) is 4.38. The van der Waals surface area contributed by atoms with Crippen LogP contribution in [0.3, 0.4) is 0 Å². The number of halogens is 1. The van der Waals surface area contributed by atoms with Gasteiger partial charge in [-0.25, -0.2) is 4.39 Å². The van der Waals surface area contributed by atoms with E-state index in [1.54, 1.807) is 24.4 Å². The number of rotatable bonds is 4. The van der Waals surface area contributed by atoms with Gasteiger partial charge in [-0.3, -0.25) is 9.88 Å². The summed E-state index contributed by atoms with van der Waals surface area (Å²) in [5.74, 6) is -0.209. The average molecular weight is 245 g/mol. The fraction of sp³-hybridized carbons (Fsp3) is 0.214. The minimum absolute atomic E-state index is 0.209. The normalized spacial score (nSPS) is 10.8. The van der Waals surface area contributed by atoms with E-state index in [-0.39, 0.29) is 5.82 Å². The zero-order valence-electron chi connectivity index (χ0n) is 10.3. The SMILES string of the molecule is CN(Cc1ccc(F)cc1)Cc1cc(N)ccn1. The van der Waals surface area contributed by atoms with Gasteiger partial charge in [-0.2, -0.15) is 0 Å². The first-order chi connectivity index (χ1) is 8.63. The van der Waals surface area contributed by atoms with Gasteiger partial charge in [0.05, 0.1) is 5.69 Å². The maximum Gasteiger partial charge on any atom is 0.123 e. The summed E-state index contributed by atoms with van der Waals surface area (Å²) in [6.07, 6.45) is 1.70. The molecule has 0 bridgehead atoms. The first-order valence-corrected chi connectivity index (χ1v) is 5.77. The number of nitrogens with zero attached hydrogens (tertiary/aromatic N) is 2. The highest BCUT2D eigenvalue weighted by molar-refractivity contribution is 5.37. The molecule has 1 aromatic heterocycles. The number of anilines is 1. The van der Waals surface area contributed by atoms with E-state index >= 15 is 0 Å². The van der Waals surface area contributed by atoms with E-state index in [0.29, 0.717) is 6.54 Å². The summed E-state index contributed by atoms with van der Waals surface area (Å²) in [6, 6.07) is 10.2. The summed E-state index contributed by atoms with van der Waals surface area (Å²) in [4.78, 5) is 6.36. The zero-order valence-corrected chi connectivity index (χ0v) is 10.3. The number of nitrogen functional groups attached to an aromatic ring is 1. The molecule has 0 fully saturated rings. The molecule has 4 heteroatoms. The summed E-state index contributed by atoms with van der Waals surface area (Å²) in [7, 11) is 1.99.